The molecule has 0 bridgehead atoms. The molecule has 9 heteroatoms. The van der Waals surface area contributed by atoms with E-state index in [1.54, 1.807) is 19.9 Å². The van der Waals surface area contributed by atoms with Crippen LogP contribution in [0.2, 0.25) is 0 Å². The maximum atomic E-state index is 13.8. The molecule has 0 saturated carbocycles. The molecule has 0 heterocycles. The fourth-order valence-corrected chi connectivity index (χ4v) is 4.75. The smallest absolute Gasteiger partial charge is 0.304 e. The molecule has 0 aliphatic rings. The summed E-state index contributed by atoms with van der Waals surface area (Å²) in [6.45, 7) is 12.6. The predicted octanol–water partition coefficient (Wildman–Crippen LogP) is 3.56. The molecule has 0 unspecified atom stereocenters. The number of nitrogens with zero attached hydrogens (tertiary/aromatic N) is 3. The van der Waals surface area contributed by atoms with Gasteiger partial charge >= 0.3 is 10.2 Å². The van der Waals surface area contributed by atoms with Crippen molar-refractivity contribution in [1.82, 2.24) is 14.5 Å². The summed E-state index contributed by atoms with van der Waals surface area (Å²) in [5, 5.41) is 2.93. The second-order valence-electron chi connectivity index (χ2n) is 10.5. The van der Waals surface area contributed by atoms with Gasteiger partial charge in [0.1, 0.15) is 12.6 Å². The minimum atomic E-state index is -3.99. The zero-order chi connectivity index (χ0) is 27.4. The normalized spacial score (nSPS) is 12.8. The van der Waals surface area contributed by atoms with Crippen LogP contribution in [0.4, 0.5) is 5.69 Å². The van der Waals surface area contributed by atoms with Crippen molar-refractivity contribution in [3.63, 3.8) is 0 Å². The fraction of sp³-hybridized carbons (Fsp3) is 0.481. The zero-order valence-electron chi connectivity index (χ0n) is 22.9. The van der Waals surface area contributed by atoms with Crippen LogP contribution in [0, 0.1) is 20.8 Å². The molecule has 1 N–H and O–H groups in total. The largest absolute Gasteiger partial charge is 0.350 e. The summed E-state index contributed by atoms with van der Waals surface area (Å²) in [6.07, 6.45) is 0. The summed E-state index contributed by atoms with van der Waals surface area (Å²) >= 11 is 0. The van der Waals surface area contributed by atoms with Crippen LogP contribution in [-0.4, -0.2) is 61.7 Å². The minimum absolute atomic E-state index is 0.167. The number of carbonyl (C=O) groups excluding carboxylic acids is 2. The highest BCUT2D eigenvalue weighted by Gasteiger charge is 2.34. The van der Waals surface area contributed by atoms with E-state index >= 15 is 0 Å². The number of aryl methyl sites for hydroxylation is 3. The Morgan fingerprint density at radius 2 is 1.50 bits per heavy atom. The van der Waals surface area contributed by atoms with E-state index in [4.69, 9.17) is 0 Å². The first-order chi connectivity index (χ1) is 16.5. The van der Waals surface area contributed by atoms with Gasteiger partial charge in [-0.15, -0.1) is 0 Å². The van der Waals surface area contributed by atoms with Gasteiger partial charge in [-0.25, -0.2) is 4.31 Å². The number of hydrogen-bond acceptors (Lipinski definition) is 4. The van der Waals surface area contributed by atoms with Crippen LogP contribution < -0.4 is 9.62 Å². The van der Waals surface area contributed by atoms with Gasteiger partial charge in [-0.05, 0) is 71.2 Å². The number of hydrogen-bond donors (Lipinski definition) is 1. The SMILES string of the molecule is Cc1ccc(CN(C(=O)CN(c2cc(C)ccc2C)S(=O)(=O)N(C)C)[C@H](C)C(=O)NC(C)(C)C)cc1. The summed E-state index contributed by atoms with van der Waals surface area (Å²) < 4.78 is 28.9. The lowest BCUT2D eigenvalue weighted by Crippen LogP contribution is -2.55. The highest BCUT2D eigenvalue weighted by molar-refractivity contribution is 7.90. The van der Waals surface area contributed by atoms with Gasteiger partial charge in [0.2, 0.25) is 11.8 Å². The van der Waals surface area contributed by atoms with Crippen molar-refractivity contribution in [2.24, 2.45) is 0 Å². The van der Waals surface area contributed by atoms with Crippen molar-refractivity contribution in [1.29, 1.82) is 0 Å². The van der Waals surface area contributed by atoms with Gasteiger partial charge in [0.15, 0.2) is 0 Å². The van der Waals surface area contributed by atoms with Gasteiger partial charge in [-0.1, -0.05) is 42.0 Å². The van der Waals surface area contributed by atoms with Crippen LogP contribution in [-0.2, 0) is 26.3 Å². The van der Waals surface area contributed by atoms with Gasteiger partial charge in [0.25, 0.3) is 0 Å². The first-order valence-corrected chi connectivity index (χ1v) is 13.4. The van der Waals surface area contributed by atoms with Gasteiger partial charge in [-0.3, -0.25) is 9.59 Å². The molecular weight excluding hydrogens is 476 g/mol. The lowest BCUT2D eigenvalue weighted by Gasteiger charge is -2.34. The van der Waals surface area contributed by atoms with Crippen molar-refractivity contribution in [3.8, 4) is 0 Å². The van der Waals surface area contributed by atoms with Crippen molar-refractivity contribution in [3.05, 3.63) is 64.7 Å². The minimum Gasteiger partial charge on any atom is -0.350 e. The third-order valence-corrected chi connectivity index (χ3v) is 7.60. The number of amides is 2. The molecule has 2 rings (SSSR count). The molecule has 2 aromatic carbocycles. The van der Waals surface area contributed by atoms with Gasteiger partial charge in [0, 0.05) is 26.2 Å². The Hall–Kier alpha value is -2.91. The van der Waals surface area contributed by atoms with E-state index < -0.39 is 34.2 Å². The van der Waals surface area contributed by atoms with E-state index in [0.717, 1.165) is 30.9 Å². The van der Waals surface area contributed by atoms with Crippen molar-refractivity contribution in [2.75, 3.05) is 24.9 Å². The second kappa shape index (κ2) is 11.4. The molecule has 0 fully saturated rings. The highest BCUT2D eigenvalue weighted by Crippen LogP contribution is 2.26. The molecule has 2 amide bonds. The first-order valence-electron chi connectivity index (χ1n) is 12.0. The van der Waals surface area contributed by atoms with Crippen LogP contribution in [0.25, 0.3) is 0 Å². The molecule has 8 nitrogen and oxygen atoms in total. The third-order valence-electron chi connectivity index (χ3n) is 5.79. The van der Waals surface area contributed by atoms with Crippen LogP contribution in [0.5, 0.6) is 0 Å². The summed E-state index contributed by atoms with van der Waals surface area (Å²) in [6, 6.07) is 12.4. The van der Waals surface area contributed by atoms with Crippen molar-refractivity contribution < 1.29 is 18.0 Å². The quantitative estimate of drug-likeness (QED) is 0.552. The Kier molecular flexibility index (Phi) is 9.31. The molecule has 0 radical (unpaired) electrons. The Labute approximate surface area is 216 Å². The molecule has 198 valence electrons. The van der Waals surface area contributed by atoms with E-state index in [1.165, 1.54) is 19.0 Å². The van der Waals surface area contributed by atoms with E-state index in [9.17, 15) is 18.0 Å². The lowest BCUT2D eigenvalue weighted by atomic mass is 10.1. The van der Waals surface area contributed by atoms with E-state index in [0.29, 0.717) is 5.69 Å². The zero-order valence-corrected chi connectivity index (χ0v) is 23.7. The molecule has 36 heavy (non-hydrogen) atoms. The number of anilines is 1. The van der Waals surface area contributed by atoms with Gasteiger partial charge in [-0.2, -0.15) is 12.7 Å². The average molecular weight is 517 g/mol. The fourth-order valence-electron chi connectivity index (χ4n) is 3.64. The Bertz CT molecular complexity index is 1190. The maximum Gasteiger partial charge on any atom is 0.304 e. The second-order valence-corrected chi connectivity index (χ2v) is 12.6. The number of rotatable bonds is 9. The van der Waals surface area contributed by atoms with E-state index in [-0.39, 0.29) is 12.5 Å². The molecule has 0 spiro atoms. The monoisotopic (exact) mass is 516 g/mol. The number of nitrogens with one attached hydrogen (secondary N) is 1. The van der Waals surface area contributed by atoms with Crippen molar-refractivity contribution in [2.45, 2.75) is 66.6 Å². The third kappa shape index (κ3) is 7.54. The predicted molar refractivity (Wildman–Crippen MR) is 145 cm³/mol. The maximum absolute atomic E-state index is 13.8. The Morgan fingerprint density at radius 1 is 0.944 bits per heavy atom. The van der Waals surface area contributed by atoms with Crippen LogP contribution in [0.3, 0.4) is 0 Å². The van der Waals surface area contributed by atoms with Gasteiger partial charge < -0.3 is 10.2 Å². The van der Waals surface area contributed by atoms with Crippen LogP contribution in [0.1, 0.15) is 49.9 Å². The van der Waals surface area contributed by atoms with E-state index in [1.807, 2.05) is 71.0 Å². The summed E-state index contributed by atoms with van der Waals surface area (Å²) in [5.74, 6) is -0.782. The number of benzene rings is 2. The summed E-state index contributed by atoms with van der Waals surface area (Å²) in [7, 11) is -1.13. The molecule has 1 atom stereocenters. The molecule has 0 aliphatic heterocycles. The molecule has 0 aliphatic carbocycles. The molecular formula is C27H40N4O4S. The topological polar surface area (TPSA) is 90.0 Å². The van der Waals surface area contributed by atoms with Crippen molar-refractivity contribution >= 4 is 27.7 Å². The summed E-state index contributed by atoms with van der Waals surface area (Å²) in [5.41, 5.74) is 3.47. The lowest BCUT2D eigenvalue weighted by molar-refractivity contribution is -0.140. The Morgan fingerprint density at radius 3 is 2.03 bits per heavy atom. The standard InChI is InChI=1S/C27H40N4O4S/c1-19-11-14-23(15-12-19)17-30(22(4)26(33)28-27(5,6)7)25(32)18-31(36(34,35)29(8)9)24-16-20(2)10-13-21(24)3/h10-16,22H,17-18H2,1-9H3,(H,28,33)/t22-/m1/s1. The average Bonchev–Trinajstić information content (AvgIpc) is 2.76. The highest BCUT2D eigenvalue weighted by atomic mass is 32.2. The Balaban J connectivity index is 2.51. The van der Waals surface area contributed by atoms with Gasteiger partial charge in [0.05, 0.1) is 5.69 Å². The van der Waals surface area contributed by atoms with Crippen LogP contribution >= 0.6 is 0 Å². The summed E-state index contributed by atoms with van der Waals surface area (Å²) in [4.78, 5) is 28.3. The van der Waals surface area contributed by atoms with E-state index in [2.05, 4.69) is 5.32 Å². The molecule has 0 aromatic heterocycles. The first kappa shape index (κ1) is 29.3. The number of carbonyl (C=O) groups is 2. The van der Waals surface area contributed by atoms with Crippen LogP contribution in [0.15, 0.2) is 42.5 Å². The molecule has 0 saturated heterocycles. The molecule has 2 aromatic rings.